The number of hydrogen-bond donors (Lipinski definition) is 2. The summed E-state index contributed by atoms with van der Waals surface area (Å²) in [5, 5.41) is 3.53. The summed E-state index contributed by atoms with van der Waals surface area (Å²) in [5.74, 6) is 5.58. The number of hydrogen-bond acceptors (Lipinski definition) is 4. The van der Waals surface area contributed by atoms with Crippen LogP contribution in [-0.2, 0) is 6.54 Å². The molecule has 0 spiro atoms. The quantitative estimate of drug-likeness (QED) is 0.365. The minimum Gasteiger partial charge on any atom is -0.382 e. The molecule has 0 aromatic heterocycles. The molecule has 1 aliphatic heterocycles. The van der Waals surface area contributed by atoms with E-state index in [0.29, 0.717) is 5.84 Å². The summed E-state index contributed by atoms with van der Waals surface area (Å²) in [6.07, 6.45) is 0. The highest BCUT2D eigenvalue weighted by molar-refractivity contribution is 9.10. The zero-order chi connectivity index (χ0) is 16.9. The van der Waals surface area contributed by atoms with Crippen molar-refractivity contribution in [2.75, 3.05) is 31.1 Å². The topological polar surface area (TPSA) is 70.9 Å². The van der Waals surface area contributed by atoms with E-state index in [0.717, 1.165) is 42.8 Å². The van der Waals surface area contributed by atoms with Gasteiger partial charge < -0.3 is 16.5 Å². The van der Waals surface area contributed by atoms with E-state index in [9.17, 15) is 0 Å². The van der Waals surface area contributed by atoms with Gasteiger partial charge in [-0.3, -0.25) is 4.90 Å². The highest BCUT2D eigenvalue weighted by atomic mass is 79.9. The Balaban J connectivity index is 1.55. The SMILES string of the molecule is N/N=C(\N)c1ccc(N2CCN(Cc3ccc(Br)cc3)CC2)cc1. The Morgan fingerprint density at radius 3 is 2.17 bits per heavy atom. The van der Waals surface area contributed by atoms with Crippen LogP contribution in [0, 0.1) is 0 Å². The third-order valence-electron chi connectivity index (χ3n) is 4.36. The number of rotatable bonds is 4. The van der Waals surface area contributed by atoms with E-state index in [1.807, 2.05) is 12.1 Å². The number of amidine groups is 1. The standard InChI is InChI=1S/C18H22BrN5/c19-16-5-1-14(2-6-16)13-23-9-11-24(12-10-23)17-7-3-15(4-8-17)18(20)22-21/h1-8H,9-13,21H2,(H2,20,22). The molecule has 1 heterocycles. The number of halogens is 1. The first-order valence-corrected chi connectivity index (χ1v) is 8.80. The fourth-order valence-electron chi connectivity index (χ4n) is 2.93. The van der Waals surface area contributed by atoms with Crippen LogP contribution in [0.1, 0.15) is 11.1 Å². The second-order valence-electron chi connectivity index (χ2n) is 5.95. The Morgan fingerprint density at radius 2 is 1.58 bits per heavy atom. The molecule has 0 unspecified atom stereocenters. The van der Waals surface area contributed by atoms with Gasteiger partial charge in [0.25, 0.3) is 0 Å². The first-order valence-electron chi connectivity index (χ1n) is 8.01. The summed E-state index contributed by atoms with van der Waals surface area (Å²) in [5.41, 5.74) is 9.15. The molecule has 2 aromatic carbocycles. The van der Waals surface area contributed by atoms with E-state index >= 15 is 0 Å². The van der Waals surface area contributed by atoms with Gasteiger partial charge in [-0.2, -0.15) is 5.10 Å². The summed E-state index contributed by atoms with van der Waals surface area (Å²) in [6.45, 7) is 5.17. The zero-order valence-electron chi connectivity index (χ0n) is 13.5. The summed E-state index contributed by atoms with van der Waals surface area (Å²) in [7, 11) is 0. The van der Waals surface area contributed by atoms with Gasteiger partial charge in [0, 0.05) is 48.4 Å². The van der Waals surface area contributed by atoms with Crippen molar-refractivity contribution in [3.05, 3.63) is 64.1 Å². The van der Waals surface area contributed by atoms with Crippen LogP contribution in [0.15, 0.2) is 58.1 Å². The lowest BCUT2D eigenvalue weighted by Gasteiger charge is -2.36. The van der Waals surface area contributed by atoms with Gasteiger partial charge in [0.1, 0.15) is 5.84 Å². The van der Waals surface area contributed by atoms with Crippen molar-refractivity contribution in [2.45, 2.75) is 6.54 Å². The van der Waals surface area contributed by atoms with Gasteiger partial charge in [-0.1, -0.05) is 28.1 Å². The van der Waals surface area contributed by atoms with Gasteiger partial charge in [-0.25, -0.2) is 0 Å². The van der Waals surface area contributed by atoms with E-state index in [2.05, 4.69) is 67.2 Å². The lowest BCUT2D eigenvalue weighted by molar-refractivity contribution is 0.250. The second-order valence-corrected chi connectivity index (χ2v) is 6.87. The normalized spacial score (nSPS) is 16.4. The maximum atomic E-state index is 5.73. The molecule has 0 atom stereocenters. The number of nitrogens with zero attached hydrogens (tertiary/aromatic N) is 3. The number of benzene rings is 2. The predicted octanol–water partition coefficient (Wildman–Crippen LogP) is 2.35. The maximum Gasteiger partial charge on any atom is 0.150 e. The minimum atomic E-state index is 0.362. The smallest absolute Gasteiger partial charge is 0.150 e. The van der Waals surface area contributed by atoms with Crippen molar-refractivity contribution in [1.29, 1.82) is 0 Å². The Kier molecular flexibility index (Phi) is 5.37. The van der Waals surface area contributed by atoms with Crippen LogP contribution >= 0.6 is 15.9 Å². The van der Waals surface area contributed by atoms with Crippen LogP contribution < -0.4 is 16.5 Å². The molecule has 126 valence electrons. The molecular formula is C18H22BrN5. The summed E-state index contributed by atoms with van der Waals surface area (Å²) < 4.78 is 1.12. The van der Waals surface area contributed by atoms with Crippen LogP contribution in [-0.4, -0.2) is 36.9 Å². The summed E-state index contributed by atoms with van der Waals surface area (Å²) >= 11 is 3.48. The molecule has 4 N–H and O–H groups in total. The monoisotopic (exact) mass is 387 g/mol. The predicted molar refractivity (Wildman–Crippen MR) is 103 cm³/mol. The molecule has 3 rings (SSSR count). The van der Waals surface area contributed by atoms with Crippen molar-refractivity contribution in [1.82, 2.24) is 4.90 Å². The van der Waals surface area contributed by atoms with Crippen LogP contribution in [0.25, 0.3) is 0 Å². The van der Waals surface area contributed by atoms with Crippen molar-refractivity contribution in [2.24, 2.45) is 16.7 Å². The maximum absolute atomic E-state index is 5.73. The Morgan fingerprint density at radius 1 is 0.958 bits per heavy atom. The van der Waals surface area contributed by atoms with Crippen LogP contribution in [0.3, 0.4) is 0 Å². The summed E-state index contributed by atoms with van der Waals surface area (Å²) in [4.78, 5) is 4.89. The Labute approximate surface area is 151 Å². The van der Waals surface area contributed by atoms with Crippen molar-refractivity contribution in [3.63, 3.8) is 0 Å². The lowest BCUT2D eigenvalue weighted by atomic mass is 10.1. The lowest BCUT2D eigenvalue weighted by Crippen LogP contribution is -2.45. The van der Waals surface area contributed by atoms with Crippen molar-refractivity contribution >= 4 is 27.5 Å². The average molecular weight is 388 g/mol. The van der Waals surface area contributed by atoms with Crippen LogP contribution in [0.2, 0.25) is 0 Å². The van der Waals surface area contributed by atoms with E-state index in [4.69, 9.17) is 11.6 Å². The third-order valence-corrected chi connectivity index (χ3v) is 4.89. The molecule has 0 bridgehead atoms. The highest BCUT2D eigenvalue weighted by Gasteiger charge is 2.17. The van der Waals surface area contributed by atoms with E-state index in [1.54, 1.807) is 0 Å². The first-order chi connectivity index (χ1) is 11.7. The Bertz CT molecular complexity index is 688. The van der Waals surface area contributed by atoms with Gasteiger partial charge in [0.05, 0.1) is 0 Å². The van der Waals surface area contributed by atoms with Gasteiger partial charge in [-0.15, -0.1) is 0 Å². The van der Waals surface area contributed by atoms with E-state index < -0.39 is 0 Å². The van der Waals surface area contributed by atoms with Gasteiger partial charge >= 0.3 is 0 Å². The number of piperazine rings is 1. The second kappa shape index (κ2) is 7.68. The Hall–Kier alpha value is -2.05. The van der Waals surface area contributed by atoms with E-state index in [-0.39, 0.29) is 0 Å². The molecule has 1 fully saturated rings. The fraction of sp³-hybridized carbons (Fsp3) is 0.278. The molecule has 1 saturated heterocycles. The zero-order valence-corrected chi connectivity index (χ0v) is 15.1. The fourth-order valence-corrected chi connectivity index (χ4v) is 3.19. The van der Waals surface area contributed by atoms with E-state index in [1.165, 1.54) is 11.3 Å². The molecule has 1 aliphatic rings. The van der Waals surface area contributed by atoms with Gasteiger partial charge in [0.2, 0.25) is 0 Å². The molecule has 0 aliphatic carbocycles. The summed E-state index contributed by atoms with van der Waals surface area (Å²) in [6, 6.07) is 16.7. The average Bonchev–Trinajstić information content (AvgIpc) is 2.64. The molecule has 0 saturated carbocycles. The molecule has 6 heteroatoms. The number of anilines is 1. The van der Waals surface area contributed by atoms with Crippen molar-refractivity contribution in [3.8, 4) is 0 Å². The van der Waals surface area contributed by atoms with Crippen LogP contribution in [0.4, 0.5) is 5.69 Å². The minimum absolute atomic E-state index is 0.362. The third kappa shape index (κ3) is 4.07. The molecule has 24 heavy (non-hydrogen) atoms. The molecule has 0 radical (unpaired) electrons. The highest BCUT2D eigenvalue weighted by Crippen LogP contribution is 2.19. The molecular weight excluding hydrogens is 366 g/mol. The molecule has 5 nitrogen and oxygen atoms in total. The number of hydrazone groups is 1. The molecule has 2 aromatic rings. The number of nitrogens with two attached hydrogens (primary N) is 2. The molecule has 0 amide bonds. The first kappa shape index (κ1) is 16.8. The van der Waals surface area contributed by atoms with Crippen LogP contribution in [0.5, 0.6) is 0 Å². The van der Waals surface area contributed by atoms with Gasteiger partial charge in [-0.05, 0) is 42.0 Å². The van der Waals surface area contributed by atoms with Crippen molar-refractivity contribution < 1.29 is 0 Å². The largest absolute Gasteiger partial charge is 0.382 e. The van der Waals surface area contributed by atoms with Gasteiger partial charge in [0.15, 0.2) is 0 Å².